The van der Waals surface area contributed by atoms with Gasteiger partial charge in [-0.15, -0.1) is 0 Å². The Balaban J connectivity index is 0.00000146. The van der Waals surface area contributed by atoms with Gasteiger partial charge < -0.3 is 9.90 Å². The van der Waals surface area contributed by atoms with Crippen LogP contribution in [-0.4, -0.2) is 5.97 Å². The van der Waals surface area contributed by atoms with E-state index in [-0.39, 0.29) is 35.1 Å². The van der Waals surface area contributed by atoms with Gasteiger partial charge in [-0.05, 0) is 43.1 Å². The van der Waals surface area contributed by atoms with Crippen molar-refractivity contribution in [3.8, 4) is 0 Å². The van der Waals surface area contributed by atoms with Gasteiger partial charge in [0.25, 0.3) is 0 Å². The third kappa shape index (κ3) is 1.91. The standard InChI is InChI=1S/C21H12O2.Na/c22-21(23)17-11-10-13-6-2-8-15-14-7-1-4-12-5-3-9-16(18(12)14)20(17)19(13)15;/h1-11H,(H,22,23);/q;+1/p-1. The summed E-state index contributed by atoms with van der Waals surface area (Å²) in [7, 11) is 0. The van der Waals surface area contributed by atoms with Crippen molar-refractivity contribution < 1.29 is 39.5 Å². The van der Waals surface area contributed by atoms with Crippen LogP contribution in [0.2, 0.25) is 0 Å². The van der Waals surface area contributed by atoms with E-state index in [9.17, 15) is 9.90 Å². The molecule has 0 heterocycles. The largest absolute Gasteiger partial charge is 1.00 e. The fraction of sp³-hybridized carbons (Fsp3) is 0. The average molecular weight is 318 g/mol. The van der Waals surface area contributed by atoms with Crippen molar-refractivity contribution in [1.29, 1.82) is 0 Å². The van der Waals surface area contributed by atoms with Crippen molar-refractivity contribution in [1.82, 2.24) is 0 Å². The Morgan fingerprint density at radius 2 is 1.17 bits per heavy atom. The molecular formula is C21H11NaO2. The SMILES string of the molecule is O=C([O-])c1ccc2cccc3c4cccc5cccc(c1c23)c54.[Na+]. The number of benzene rings is 5. The van der Waals surface area contributed by atoms with Gasteiger partial charge in [-0.1, -0.05) is 66.7 Å². The van der Waals surface area contributed by atoms with Crippen molar-refractivity contribution in [2.24, 2.45) is 0 Å². The van der Waals surface area contributed by atoms with Crippen LogP contribution in [0.5, 0.6) is 0 Å². The van der Waals surface area contributed by atoms with Crippen LogP contribution < -0.4 is 34.7 Å². The second-order valence-corrected chi connectivity index (χ2v) is 5.89. The molecule has 0 aliphatic rings. The number of carbonyl (C=O) groups is 1. The summed E-state index contributed by atoms with van der Waals surface area (Å²) in [5.74, 6) is -1.13. The third-order valence-corrected chi connectivity index (χ3v) is 4.73. The fourth-order valence-corrected chi connectivity index (χ4v) is 3.83. The molecule has 0 saturated carbocycles. The smallest absolute Gasteiger partial charge is 0.545 e. The Labute approximate surface area is 160 Å². The maximum Gasteiger partial charge on any atom is 1.00 e. The van der Waals surface area contributed by atoms with Crippen LogP contribution in [0.25, 0.3) is 43.1 Å². The Kier molecular flexibility index (Phi) is 3.50. The van der Waals surface area contributed by atoms with E-state index in [4.69, 9.17) is 0 Å². The minimum absolute atomic E-state index is 0. The maximum absolute atomic E-state index is 11.7. The van der Waals surface area contributed by atoms with E-state index in [1.807, 2.05) is 36.4 Å². The van der Waals surface area contributed by atoms with Gasteiger partial charge in [-0.3, -0.25) is 0 Å². The molecule has 0 aliphatic heterocycles. The molecule has 2 nitrogen and oxygen atoms in total. The van der Waals surface area contributed by atoms with E-state index in [2.05, 4.69) is 24.3 Å². The molecule has 0 aromatic heterocycles. The van der Waals surface area contributed by atoms with Gasteiger partial charge in [0.2, 0.25) is 0 Å². The number of hydrogen-bond acceptors (Lipinski definition) is 2. The first-order chi connectivity index (χ1) is 11.3. The molecule has 0 atom stereocenters. The van der Waals surface area contributed by atoms with Gasteiger partial charge in [0.15, 0.2) is 0 Å². The van der Waals surface area contributed by atoms with E-state index in [0.29, 0.717) is 0 Å². The monoisotopic (exact) mass is 318 g/mol. The molecule has 0 saturated heterocycles. The molecule has 0 radical (unpaired) electrons. The van der Waals surface area contributed by atoms with Gasteiger partial charge in [0, 0.05) is 5.56 Å². The maximum atomic E-state index is 11.7. The van der Waals surface area contributed by atoms with Gasteiger partial charge in [-0.25, -0.2) is 0 Å². The van der Waals surface area contributed by atoms with Crippen LogP contribution in [0.1, 0.15) is 10.4 Å². The molecule has 3 heteroatoms. The summed E-state index contributed by atoms with van der Waals surface area (Å²) in [5, 5.41) is 20.0. The normalized spacial score (nSPS) is 11.3. The van der Waals surface area contributed by atoms with E-state index in [0.717, 1.165) is 43.1 Å². The first kappa shape index (κ1) is 15.4. The fourth-order valence-electron chi connectivity index (χ4n) is 3.83. The van der Waals surface area contributed by atoms with Crippen molar-refractivity contribution in [2.75, 3.05) is 0 Å². The molecule has 5 aromatic rings. The summed E-state index contributed by atoms with van der Waals surface area (Å²) < 4.78 is 0. The topological polar surface area (TPSA) is 40.1 Å². The van der Waals surface area contributed by atoms with Crippen LogP contribution in [0, 0.1) is 0 Å². The summed E-state index contributed by atoms with van der Waals surface area (Å²) in [6, 6.07) is 21.9. The van der Waals surface area contributed by atoms with E-state index < -0.39 is 5.97 Å². The van der Waals surface area contributed by atoms with Gasteiger partial charge >= 0.3 is 29.6 Å². The van der Waals surface area contributed by atoms with Crippen LogP contribution in [0.15, 0.2) is 66.7 Å². The van der Waals surface area contributed by atoms with Gasteiger partial charge in [0.1, 0.15) is 0 Å². The van der Waals surface area contributed by atoms with Crippen LogP contribution in [0.3, 0.4) is 0 Å². The number of rotatable bonds is 1. The summed E-state index contributed by atoms with van der Waals surface area (Å²) in [6.07, 6.45) is 0. The van der Waals surface area contributed by atoms with Crippen LogP contribution in [-0.2, 0) is 0 Å². The first-order valence-electron chi connectivity index (χ1n) is 7.55. The Morgan fingerprint density at radius 3 is 1.79 bits per heavy atom. The second-order valence-electron chi connectivity index (χ2n) is 5.89. The molecule has 5 rings (SSSR count). The molecule has 0 unspecified atom stereocenters. The zero-order chi connectivity index (χ0) is 15.6. The van der Waals surface area contributed by atoms with Crippen molar-refractivity contribution in [3.63, 3.8) is 0 Å². The molecule has 5 aromatic carbocycles. The number of fused-ring (bicyclic) bond motifs is 2. The Bertz CT molecular complexity index is 1240. The Hall–Kier alpha value is -2.13. The molecule has 0 spiro atoms. The number of carboxylic acid groups (broad SMARTS) is 1. The second kappa shape index (κ2) is 5.45. The number of carboxylic acids is 1. The quantitative estimate of drug-likeness (QED) is 0.264. The van der Waals surface area contributed by atoms with Gasteiger partial charge in [-0.2, -0.15) is 0 Å². The molecule has 0 amide bonds. The van der Waals surface area contributed by atoms with Gasteiger partial charge in [0.05, 0.1) is 5.97 Å². The molecule has 0 N–H and O–H groups in total. The first-order valence-corrected chi connectivity index (χ1v) is 7.55. The van der Waals surface area contributed by atoms with E-state index in [1.165, 1.54) is 0 Å². The van der Waals surface area contributed by atoms with Crippen LogP contribution in [0.4, 0.5) is 0 Å². The predicted octanol–water partition coefficient (Wildman–Crippen LogP) is 1.10. The number of hydrogen-bond donors (Lipinski definition) is 0. The summed E-state index contributed by atoms with van der Waals surface area (Å²) >= 11 is 0. The molecule has 0 bridgehead atoms. The molecule has 24 heavy (non-hydrogen) atoms. The predicted molar refractivity (Wildman–Crippen MR) is 92.0 cm³/mol. The summed E-state index contributed by atoms with van der Waals surface area (Å²) in [5.41, 5.74) is 0.256. The van der Waals surface area contributed by atoms with Crippen LogP contribution >= 0.6 is 0 Å². The average Bonchev–Trinajstić information content (AvgIpc) is 2.58. The zero-order valence-corrected chi connectivity index (χ0v) is 15.2. The molecule has 0 fully saturated rings. The third-order valence-electron chi connectivity index (χ3n) is 4.73. The van der Waals surface area contributed by atoms with Crippen molar-refractivity contribution in [3.05, 3.63) is 72.3 Å². The minimum atomic E-state index is -1.13. The summed E-state index contributed by atoms with van der Waals surface area (Å²) in [6.45, 7) is 0. The number of carbonyl (C=O) groups excluding carboxylic acids is 1. The van der Waals surface area contributed by atoms with E-state index >= 15 is 0 Å². The van der Waals surface area contributed by atoms with E-state index in [1.54, 1.807) is 6.07 Å². The summed E-state index contributed by atoms with van der Waals surface area (Å²) in [4.78, 5) is 11.7. The van der Waals surface area contributed by atoms with Crippen molar-refractivity contribution >= 4 is 49.1 Å². The molecular weight excluding hydrogens is 307 g/mol. The Morgan fingerprint density at radius 1 is 0.625 bits per heavy atom. The minimum Gasteiger partial charge on any atom is -0.545 e. The zero-order valence-electron chi connectivity index (χ0n) is 13.2. The van der Waals surface area contributed by atoms with Crippen molar-refractivity contribution in [2.45, 2.75) is 0 Å². The molecule has 0 aliphatic carbocycles. The number of aromatic carboxylic acids is 1. The molecule has 108 valence electrons.